The normalized spacial score (nSPS) is 9.89. The second-order valence-electron chi connectivity index (χ2n) is 3.64. The molecule has 0 bridgehead atoms. The van der Waals surface area contributed by atoms with E-state index in [9.17, 15) is 4.79 Å². The summed E-state index contributed by atoms with van der Waals surface area (Å²) in [4.78, 5) is 20.1. The maximum atomic E-state index is 12.0. The van der Waals surface area contributed by atoms with Crippen LogP contribution in [0, 0.1) is 6.92 Å². The molecule has 2 aromatic rings. The number of amides is 1. The van der Waals surface area contributed by atoms with Gasteiger partial charge in [0.1, 0.15) is 11.5 Å². The third kappa shape index (κ3) is 2.61. The van der Waals surface area contributed by atoms with Crippen LogP contribution < -0.4 is 16.6 Å². The van der Waals surface area contributed by atoms with E-state index in [4.69, 9.17) is 5.84 Å². The van der Waals surface area contributed by atoms with E-state index in [-0.39, 0.29) is 11.6 Å². The SMILES string of the molecule is Cc1ncccc1NC(=O)c1cccc(NN)n1. The molecule has 4 N–H and O–H groups in total. The highest BCUT2D eigenvalue weighted by atomic mass is 16.1. The Morgan fingerprint density at radius 1 is 1.28 bits per heavy atom. The predicted octanol–water partition coefficient (Wildman–Crippen LogP) is 1.32. The molecule has 0 spiro atoms. The van der Waals surface area contributed by atoms with Crippen molar-refractivity contribution in [3.63, 3.8) is 0 Å². The van der Waals surface area contributed by atoms with Gasteiger partial charge in [0.05, 0.1) is 11.4 Å². The predicted molar refractivity (Wildman–Crippen MR) is 69.0 cm³/mol. The molecule has 0 saturated heterocycles. The van der Waals surface area contributed by atoms with Gasteiger partial charge < -0.3 is 10.7 Å². The van der Waals surface area contributed by atoms with Crippen LogP contribution in [0.3, 0.4) is 0 Å². The molecule has 0 aliphatic rings. The lowest BCUT2D eigenvalue weighted by atomic mass is 10.3. The Kier molecular flexibility index (Phi) is 3.49. The third-order valence-electron chi connectivity index (χ3n) is 2.38. The van der Waals surface area contributed by atoms with Crippen molar-refractivity contribution in [1.82, 2.24) is 9.97 Å². The number of pyridine rings is 2. The number of rotatable bonds is 3. The van der Waals surface area contributed by atoms with Gasteiger partial charge in [-0.05, 0) is 31.2 Å². The summed E-state index contributed by atoms with van der Waals surface area (Å²) in [6, 6.07) is 8.53. The molecule has 92 valence electrons. The highest BCUT2D eigenvalue weighted by molar-refractivity contribution is 6.03. The molecule has 0 aromatic carbocycles. The van der Waals surface area contributed by atoms with Crippen molar-refractivity contribution >= 4 is 17.4 Å². The quantitative estimate of drug-likeness (QED) is 0.558. The van der Waals surface area contributed by atoms with Gasteiger partial charge in [0.25, 0.3) is 5.91 Å². The Labute approximate surface area is 104 Å². The fourth-order valence-corrected chi connectivity index (χ4v) is 1.44. The highest BCUT2D eigenvalue weighted by Gasteiger charge is 2.09. The minimum atomic E-state index is -0.303. The number of carbonyl (C=O) groups excluding carboxylic acids is 1. The van der Waals surface area contributed by atoms with Gasteiger partial charge in [0.2, 0.25) is 0 Å². The van der Waals surface area contributed by atoms with Crippen molar-refractivity contribution in [3.05, 3.63) is 47.9 Å². The molecule has 0 saturated carbocycles. The number of aromatic nitrogens is 2. The monoisotopic (exact) mass is 243 g/mol. The average Bonchev–Trinajstić information content (AvgIpc) is 2.41. The third-order valence-corrected chi connectivity index (χ3v) is 2.38. The summed E-state index contributed by atoms with van der Waals surface area (Å²) in [5.74, 6) is 5.37. The number of nitrogens with one attached hydrogen (secondary N) is 2. The van der Waals surface area contributed by atoms with Gasteiger partial charge in [0, 0.05) is 6.20 Å². The van der Waals surface area contributed by atoms with Crippen molar-refractivity contribution in [1.29, 1.82) is 0 Å². The van der Waals surface area contributed by atoms with E-state index < -0.39 is 0 Å². The molecule has 2 heterocycles. The molecule has 2 aromatic heterocycles. The van der Waals surface area contributed by atoms with Crippen LogP contribution >= 0.6 is 0 Å². The van der Waals surface area contributed by atoms with Crippen LogP contribution in [-0.2, 0) is 0 Å². The van der Waals surface area contributed by atoms with Crippen LogP contribution in [-0.4, -0.2) is 15.9 Å². The molecule has 0 aliphatic heterocycles. The minimum Gasteiger partial charge on any atom is -0.319 e. The lowest BCUT2D eigenvalue weighted by Crippen LogP contribution is -2.16. The molecular weight excluding hydrogens is 230 g/mol. The summed E-state index contributed by atoms with van der Waals surface area (Å²) in [6.07, 6.45) is 1.67. The fraction of sp³-hybridized carbons (Fsp3) is 0.0833. The summed E-state index contributed by atoms with van der Waals surface area (Å²) >= 11 is 0. The maximum absolute atomic E-state index is 12.0. The molecule has 0 fully saturated rings. The van der Waals surface area contributed by atoms with E-state index >= 15 is 0 Å². The first kappa shape index (κ1) is 12.0. The number of hydrogen-bond donors (Lipinski definition) is 3. The molecule has 18 heavy (non-hydrogen) atoms. The molecule has 2 rings (SSSR count). The van der Waals surface area contributed by atoms with Crippen LogP contribution in [0.15, 0.2) is 36.5 Å². The standard InChI is InChI=1S/C12H13N5O/c1-8-9(5-3-7-14-8)16-12(18)10-4-2-6-11(15-10)17-13/h2-7H,13H2,1H3,(H,15,17)(H,16,18). The second-order valence-corrected chi connectivity index (χ2v) is 3.64. The summed E-state index contributed by atoms with van der Waals surface area (Å²) in [5.41, 5.74) is 4.09. The van der Waals surface area contributed by atoms with E-state index in [1.807, 2.05) is 6.92 Å². The van der Waals surface area contributed by atoms with Crippen molar-refractivity contribution in [2.24, 2.45) is 5.84 Å². The molecule has 0 radical (unpaired) electrons. The molecule has 1 amide bonds. The van der Waals surface area contributed by atoms with Gasteiger partial charge in [0.15, 0.2) is 0 Å². The second kappa shape index (κ2) is 5.24. The Bertz CT molecular complexity index is 570. The van der Waals surface area contributed by atoms with Crippen molar-refractivity contribution < 1.29 is 4.79 Å². The number of nitrogens with zero attached hydrogens (tertiary/aromatic N) is 2. The lowest BCUT2D eigenvalue weighted by molar-refractivity contribution is 0.102. The van der Waals surface area contributed by atoms with Crippen LogP contribution in [0.5, 0.6) is 0 Å². The van der Waals surface area contributed by atoms with Gasteiger partial charge in [-0.3, -0.25) is 9.78 Å². The Morgan fingerprint density at radius 3 is 2.83 bits per heavy atom. The first-order valence-electron chi connectivity index (χ1n) is 5.37. The van der Waals surface area contributed by atoms with Gasteiger partial charge in [-0.15, -0.1) is 0 Å². The van der Waals surface area contributed by atoms with Crippen molar-refractivity contribution in [2.45, 2.75) is 6.92 Å². The Morgan fingerprint density at radius 2 is 2.11 bits per heavy atom. The molecule has 0 unspecified atom stereocenters. The molecule has 0 atom stereocenters. The number of anilines is 2. The zero-order valence-corrected chi connectivity index (χ0v) is 9.84. The molecule has 6 nitrogen and oxygen atoms in total. The van der Waals surface area contributed by atoms with E-state index in [0.29, 0.717) is 11.5 Å². The number of nitrogens with two attached hydrogens (primary N) is 1. The van der Waals surface area contributed by atoms with Gasteiger partial charge in [-0.1, -0.05) is 6.07 Å². The number of hydrazine groups is 1. The van der Waals surface area contributed by atoms with Crippen molar-refractivity contribution in [2.75, 3.05) is 10.7 Å². The van der Waals surface area contributed by atoms with Crippen LogP contribution in [0.1, 0.15) is 16.2 Å². The summed E-state index contributed by atoms with van der Waals surface area (Å²) in [6.45, 7) is 1.82. The van der Waals surface area contributed by atoms with Gasteiger partial charge in [-0.2, -0.15) is 0 Å². The summed E-state index contributed by atoms with van der Waals surface area (Å²) in [5, 5.41) is 2.75. The topological polar surface area (TPSA) is 92.9 Å². The average molecular weight is 243 g/mol. The maximum Gasteiger partial charge on any atom is 0.274 e. The first-order valence-corrected chi connectivity index (χ1v) is 5.37. The molecular formula is C12H13N5O. The zero-order chi connectivity index (χ0) is 13.0. The van der Waals surface area contributed by atoms with Crippen LogP contribution in [0.2, 0.25) is 0 Å². The summed E-state index contributed by atoms with van der Waals surface area (Å²) in [7, 11) is 0. The van der Waals surface area contributed by atoms with Gasteiger partial charge >= 0.3 is 0 Å². The summed E-state index contributed by atoms with van der Waals surface area (Å²) < 4.78 is 0. The molecule has 6 heteroatoms. The zero-order valence-electron chi connectivity index (χ0n) is 9.84. The van der Waals surface area contributed by atoms with Crippen LogP contribution in [0.25, 0.3) is 0 Å². The Hall–Kier alpha value is -2.47. The Balaban J connectivity index is 2.19. The number of carbonyl (C=O) groups is 1. The minimum absolute atomic E-state index is 0.286. The van der Waals surface area contributed by atoms with Crippen molar-refractivity contribution in [3.8, 4) is 0 Å². The van der Waals surface area contributed by atoms with E-state index in [1.165, 1.54) is 0 Å². The number of nitrogen functional groups attached to an aromatic ring is 1. The highest BCUT2D eigenvalue weighted by Crippen LogP contribution is 2.12. The van der Waals surface area contributed by atoms with Gasteiger partial charge in [-0.25, -0.2) is 10.8 Å². The van der Waals surface area contributed by atoms with E-state index in [2.05, 4.69) is 20.7 Å². The lowest BCUT2D eigenvalue weighted by Gasteiger charge is -2.07. The molecule has 0 aliphatic carbocycles. The largest absolute Gasteiger partial charge is 0.319 e. The number of aryl methyl sites for hydroxylation is 1. The van der Waals surface area contributed by atoms with E-state index in [1.54, 1.807) is 36.5 Å². The van der Waals surface area contributed by atoms with Crippen LogP contribution in [0.4, 0.5) is 11.5 Å². The van der Waals surface area contributed by atoms with E-state index in [0.717, 1.165) is 5.69 Å². The first-order chi connectivity index (χ1) is 8.70. The number of hydrogen-bond acceptors (Lipinski definition) is 5. The smallest absolute Gasteiger partial charge is 0.274 e. The fourth-order valence-electron chi connectivity index (χ4n) is 1.44.